The minimum Gasteiger partial charge on any atom is -0.505 e. The molecule has 0 saturated heterocycles. The smallest absolute Gasteiger partial charge is 0.166 e. The van der Waals surface area contributed by atoms with Crippen molar-refractivity contribution in [2.45, 2.75) is 18.3 Å². The Morgan fingerprint density at radius 3 is 2.53 bits per heavy atom. The zero-order valence-corrected chi connectivity index (χ0v) is 9.44. The molecule has 1 saturated carbocycles. The van der Waals surface area contributed by atoms with Crippen LogP contribution in [-0.2, 0) is 5.41 Å². The van der Waals surface area contributed by atoms with Gasteiger partial charge in [0.05, 0.1) is 4.47 Å². The van der Waals surface area contributed by atoms with Crippen LogP contribution in [0.1, 0.15) is 18.4 Å². The van der Waals surface area contributed by atoms with Crippen LogP contribution in [0.3, 0.4) is 0 Å². The van der Waals surface area contributed by atoms with E-state index in [9.17, 15) is 13.9 Å². The molecule has 2 nitrogen and oxygen atoms in total. The van der Waals surface area contributed by atoms with Crippen LogP contribution in [-0.4, -0.2) is 11.7 Å². The van der Waals surface area contributed by atoms with Gasteiger partial charge in [0, 0.05) is 17.5 Å². The van der Waals surface area contributed by atoms with Crippen molar-refractivity contribution in [1.82, 2.24) is 0 Å². The number of rotatable bonds is 2. The van der Waals surface area contributed by atoms with Crippen LogP contribution in [0.25, 0.3) is 0 Å². The summed E-state index contributed by atoms with van der Waals surface area (Å²) in [7, 11) is 0. The molecule has 15 heavy (non-hydrogen) atoms. The monoisotopic (exact) mass is 277 g/mol. The first-order chi connectivity index (χ1) is 7.02. The summed E-state index contributed by atoms with van der Waals surface area (Å²) in [6.45, 7) is 0.216. The summed E-state index contributed by atoms with van der Waals surface area (Å²) in [5.74, 6) is -2.05. The lowest BCUT2D eigenvalue weighted by molar-refractivity contribution is 0.406. The molecule has 1 aliphatic rings. The second-order valence-corrected chi connectivity index (χ2v) is 4.72. The van der Waals surface area contributed by atoms with Crippen LogP contribution in [0.2, 0.25) is 0 Å². The molecule has 0 atom stereocenters. The highest BCUT2D eigenvalue weighted by Crippen LogP contribution is 2.52. The molecule has 0 heterocycles. The van der Waals surface area contributed by atoms with E-state index in [4.69, 9.17) is 5.73 Å². The normalized spacial score (nSPS) is 17.9. The van der Waals surface area contributed by atoms with Crippen LogP contribution in [0.5, 0.6) is 5.75 Å². The van der Waals surface area contributed by atoms with E-state index < -0.39 is 22.8 Å². The van der Waals surface area contributed by atoms with Gasteiger partial charge in [-0.3, -0.25) is 0 Å². The second-order valence-electron chi connectivity index (χ2n) is 3.86. The molecule has 1 aromatic rings. The van der Waals surface area contributed by atoms with Gasteiger partial charge in [0.15, 0.2) is 11.6 Å². The maximum Gasteiger partial charge on any atom is 0.166 e. The zero-order chi connectivity index (χ0) is 11.2. The average Bonchev–Trinajstić information content (AvgIpc) is 2.96. The number of halogens is 3. The predicted molar refractivity (Wildman–Crippen MR) is 55.7 cm³/mol. The number of hydrogen-bond donors (Lipinski definition) is 2. The molecule has 1 fully saturated rings. The molecular weight excluding hydrogens is 268 g/mol. The van der Waals surface area contributed by atoms with Crippen LogP contribution < -0.4 is 5.73 Å². The van der Waals surface area contributed by atoms with Gasteiger partial charge in [0.25, 0.3) is 0 Å². The lowest BCUT2D eigenvalue weighted by Gasteiger charge is -2.16. The van der Waals surface area contributed by atoms with E-state index >= 15 is 0 Å². The highest BCUT2D eigenvalue weighted by molar-refractivity contribution is 9.10. The Bertz CT molecular complexity index is 392. The van der Waals surface area contributed by atoms with Crippen molar-refractivity contribution in [3.63, 3.8) is 0 Å². The van der Waals surface area contributed by atoms with Gasteiger partial charge < -0.3 is 10.8 Å². The maximum absolute atomic E-state index is 13.7. The Kier molecular flexibility index (Phi) is 2.47. The summed E-state index contributed by atoms with van der Waals surface area (Å²) in [5.41, 5.74) is 4.96. The molecule has 2 rings (SSSR count). The van der Waals surface area contributed by atoms with Crippen molar-refractivity contribution in [2.24, 2.45) is 5.73 Å². The molecule has 0 amide bonds. The molecule has 82 valence electrons. The molecule has 0 bridgehead atoms. The lowest BCUT2D eigenvalue weighted by atomic mass is 9.94. The minimum atomic E-state index is -0.821. The molecule has 0 aliphatic heterocycles. The number of benzene rings is 1. The fourth-order valence-electron chi connectivity index (χ4n) is 1.78. The van der Waals surface area contributed by atoms with Crippen molar-refractivity contribution >= 4 is 15.9 Å². The SMILES string of the molecule is NCC1(c2c(O)c(F)cc(Br)c2F)CC1. The first kappa shape index (κ1) is 10.8. The van der Waals surface area contributed by atoms with E-state index in [2.05, 4.69) is 15.9 Å². The van der Waals surface area contributed by atoms with Crippen LogP contribution >= 0.6 is 15.9 Å². The summed E-state index contributed by atoms with van der Waals surface area (Å²) in [6, 6.07) is 0.917. The van der Waals surface area contributed by atoms with Gasteiger partial charge in [0.2, 0.25) is 0 Å². The summed E-state index contributed by atoms with van der Waals surface area (Å²) in [4.78, 5) is 0. The van der Waals surface area contributed by atoms with E-state index in [1.165, 1.54) is 0 Å². The van der Waals surface area contributed by atoms with E-state index in [0.29, 0.717) is 12.8 Å². The van der Waals surface area contributed by atoms with Gasteiger partial charge in [-0.05, 0) is 34.8 Å². The quantitative estimate of drug-likeness (QED) is 0.816. The number of hydrogen-bond acceptors (Lipinski definition) is 2. The highest BCUT2D eigenvalue weighted by atomic mass is 79.9. The fraction of sp³-hybridized carbons (Fsp3) is 0.400. The number of phenols is 1. The van der Waals surface area contributed by atoms with Gasteiger partial charge in [-0.1, -0.05) is 0 Å². The minimum absolute atomic E-state index is 0.0110. The van der Waals surface area contributed by atoms with Crippen molar-refractivity contribution in [3.8, 4) is 5.75 Å². The van der Waals surface area contributed by atoms with Crippen molar-refractivity contribution < 1.29 is 13.9 Å². The summed E-state index contributed by atoms with van der Waals surface area (Å²) in [5, 5.41) is 9.52. The van der Waals surface area contributed by atoms with Gasteiger partial charge in [-0.15, -0.1) is 0 Å². The Morgan fingerprint density at radius 2 is 2.07 bits per heavy atom. The molecule has 0 unspecified atom stereocenters. The van der Waals surface area contributed by atoms with Gasteiger partial charge >= 0.3 is 0 Å². The van der Waals surface area contributed by atoms with E-state index in [-0.39, 0.29) is 16.6 Å². The Hall–Kier alpha value is -0.680. The molecule has 3 N–H and O–H groups in total. The molecule has 0 aromatic heterocycles. The van der Waals surface area contributed by atoms with Crippen molar-refractivity contribution in [2.75, 3.05) is 6.54 Å². The zero-order valence-electron chi connectivity index (χ0n) is 7.86. The number of nitrogens with two attached hydrogens (primary N) is 1. The second kappa shape index (κ2) is 3.42. The van der Waals surface area contributed by atoms with E-state index in [1.54, 1.807) is 0 Å². The summed E-state index contributed by atoms with van der Waals surface area (Å²) in [6.07, 6.45) is 1.37. The highest BCUT2D eigenvalue weighted by Gasteiger charge is 2.47. The van der Waals surface area contributed by atoms with Gasteiger partial charge in [-0.2, -0.15) is 0 Å². The summed E-state index contributed by atoms with van der Waals surface area (Å²) >= 11 is 2.91. The largest absolute Gasteiger partial charge is 0.505 e. The molecule has 5 heteroatoms. The van der Waals surface area contributed by atoms with Crippen molar-refractivity contribution in [3.05, 3.63) is 27.7 Å². The number of aromatic hydroxyl groups is 1. The third-order valence-electron chi connectivity index (χ3n) is 2.92. The first-order valence-corrected chi connectivity index (χ1v) is 5.38. The van der Waals surface area contributed by atoms with Crippen LogP contribution in [0.4, 0.5) is 8.78 Å². The first-order valence-electron chi connectivity index (χ1n) is 4.59. The topological polar surface area (TPSA) is 46.2 Å². The third-order valence-corrected chi connectivity index (χ3v) is 3.50. The molecule has 0 radical (unpaired) electrons. The van der Waals surface area contributed by atoms with Crippen LogP contribution in [0, 0.1) is 11.6 Å². The Morgan fingerprint density at radius 1 is 1.47 bits per heavy atom. The van der Waals surface area contributed by atoms with Gasteiger partial charge in [-0.25, -0.2) is 8.78 Å². The average molecular weight is 278 g/mol. The van der Waals surface area contributed by atoms with E-state index in [1.807, 2.05) is 0 Å². The Balaban J connectivity index is 2.64. The lowest BCUT2D eigenvalue weighted by Crippen LogP contribution is -2.21. The predicted octanol–water partition coefficient (Wildman–Crippen LogP) is 2.42. The maximum atomic E-state index is 13.7. The van der Waals surface area contributed by atoms with E-state index in [0.717, 1.165) is 6.07 Å². The Labute approximate surface area is 94.2 Å². The molecule has 0 spiro atoms. The third kappa shape index (κ3) is 1.54. The molecule has 1 aliphatic carbocycles. The standard InChI is InChI=1S/C10H10BrF2NO/c11-5-3-6(12)9(15)7(8(5)13)10(4-14)1-2-10/h3,15H,1-2,4,14H2. The number of phenolic OH excluding ortho intramolecular Hbond substituents is 1. The van der Waals surface area contributed by atoms with Gasteiger partial charge in [0.1, 0.15) is 5.82 Å². The molecular formula is C10H10BrF2NO. The summed E-state index contributed by atoms with van der Waals surface area (Å²) < 4.78 is 27.0. The fourth-order valence-corrected chi connectivity index (χ4v) is 2.18. The molecule has 1 aromatic carbocycles. The van der Waals surface area contributed by atoms with Crippen molar-refractivity contribution in [1.29, 1.82) is 0 Å². The van der Waals surface area contributed by atoms with Crippen LogP contribution in [0.15, 0.2) is 10.5 Å².